The molecule has 0 aromatic heterocycles. The van der Waals surface area contributed by atoms with Crippen molar-refractivity contribution >= 4 is 23.5 Å². The molecule has 2 rings (SSSR count). The Kier molecular flexibility index (Phi) is 4.57. The summed E-state index contributed by atoms with van der Waals surface area (Å²) in [5.74, 6) is -1.24. The van der Waals surface area contributed by atoms with Crippen LogP contribution in [-0.2, 0) is 14.3 Å². The first kappa shape index (κ1) is 15.0. The summed E-state index contributed by atoms with van der Waals surface area (Å²) < 4.78 is 9.34. The van der Waals surface area contributed by atoms with Crippen LogP contribution in [0.3, 0.4) is 0 Å². The number of amides is 1. The standard InChI is InChI=1S/C15H17NO5/c1-20-14(18)11-7-6-10(9-12(11)15(19)21-2)16-8-4-3-5-13(16)17/h6-7,9H,3-5,8H2,1-2H3. The van der Waals surface area contributed by atoms with Crippen LogP contribution in [0.2, 0.25) is 0 Å². The summed E-state index contributed by atoms with van der Waals surface area (Å²) in [6.45, 7) is 0.608. The normalized spacial score (nSPS) is 14.8. The van der Waals surface area contributed by atoms with Crippen molar-refractivity contribution in [3.63, 3.8) is 0 Å². The van der Waals surface area contributed by atoms with Crippen LogP contribution in [0.15, 0.2) is 18.2 Å². The van der Waals surface area contributed by atoms with E-state index in [2.05, 4.69) is 4.74 Å². The number of anilines is 1. The zero-order valence-electron chi connectivity index (χ0n) is 12.0. The first-order valence-electron chi connectivity index (χ1n) is 6.69. The Morgan fingerprint density at radius 3 is 2.33 bits per heavy atom. The largest absolute Gasteiger partial charge is 0.465 e. The van der Waals surface area contributed by atoms with Crippen molar-refractivity contribution in [2.75, 3.05) is 25.7 Å². The maximum absolute atomic E-state index is 11.9. The summed E-state index contributed by atoms with van der Waals surface area (Å²) in [4.78, 5) is 37.1. The summed E-state index contributed by atoms with van der Waals surface area (Å²) in [6.07, 6.45) is 2.28. The molecule has 0 unspecified atom stereocenters. The summed E-state index contributed by atoms with van der Waals surface area (Å²) in [7, 11) is 2.48. The Balaban J connectivity index is 2.43. The number of nitrogens with zero attached hydrogens (tertiary/aromatic N) is 1. The average molecular weight is 291 g/mol. The van der Waals surface area contributed by atoms with Crippen LogP contribution in [0, 0.1) is 0 Å². The molecule has 0 spiro atoms. The predicted octanol–water partition coefficient (Wildman–Crippen LogP) is 1.78. The van der Waals surface area contributed by atoms with Gasteiger partial charge in [-0.2, -0.15) is 0 Å². The molecule has 0 saturated carbocycles. The van der Waals surface area contributed by atoms with E-state index in [0.29, 0.717) is 18.7 Å². The van der Waals surface area contributed by atoms with Crippen molar-refractivity contribution in [3.8, 4) is 0 Å². The van der Waals surface area contributed by atoms with Crippen LogP contribution in [0.4, 0.5) is 5.69 Å². The van der Waals surface area contributed by atoms with Gasteiger partial charge < -0.3 is 14.4 Å². The minimum Gasteiger partial charge on any atom is -0.465 e. The van der Waals surface area contributed by atoms with Crippen molar-refractivity contribution < 1.29 is 23.9 Å². The zero-order valence-corrected chi connectivity index (χ0v) is 12.0. The van der Waals surface area contributed by atoms with E-state index in [1.165, 1.54) is 26.4 Å². The number of benzene rings is 1. The van der Waals surface area contributed by atoms with E-state index < -0.39 is 11.9 Å². The summed E-state index contributed by atoms with van der Waals surface area (Å²) >= 11 is 0. The van der Waals surface area contributed by atoms with E-state index in [1.807, 2.05) is 0 Å². The fourth-order valence-corrected chi connectivity index (χ4v) is 2.35. The van der Waals surface area contributed by atoms with Crippen molar-refractivity contribution in [2.24, 2.45) is 0 Å². The Labute approximate surface area is 122 Å². The second-order valence-corrected chi connectivity index (χ2v) is 4.72. The molecule has 0 atom stereocenters. The highest BCUT2D eigenvalue weighted by Crippen LogP contribution is 2.24. The van der Waals surface area contributed by atoms with Crippen molar-refractivity contribution in [1.82, 2.24) is 0 Å². The molecule has 1 fully saturated rings. The van der Waals surface area contributed by atoms with Gasteiger partial charge in [0.1, 0.15) is 0 Å². The topological polar surface area (TPSA) is 72.9 Å². The third kappa shape index (κ3) is 3.04. The molecule has 1 aliphatic rings. The van der Waals surface area contributed by atoms with Crippen LogP contribution in [0.25, 0.3) is 0 Å². The predicted molar refractivity (Wildman–Crippen MR) is 75.3 cm³/mol. The van der Waals surface area contributed by atoms with Gasteiger partial charge in [-0.05, 0) is 31.0 Å². The number of hydrogen-bond donors (Lipinski definition) is 0. The van der Waals surface area contributed by atoms with Gasteiger partial charge in [-0.15, -0.1) is 0 Å². The highest BCUT2D eigenvalue weighted by Gasteiger charge is 2.24. The lowest BCUT2D eigenvalue weighted by Gasteiger charge is -2.27. The van der Waals surface area contributed by atoms with Crippen LogP contribution in [0.1, 0.15) is 40.0 Å². The second kappa shape index (κ2) is 6.39. The Morgan fingerprint density at radius 1 is 1.05 bits per heavy atom. The number of hydrogen-bond acceptors (Lipinski definition) is 5. The van der Waals surface area contributed by atoms with Gasteiger partial charge in [0.05, 0.1) is 25.3 Å². The van der Waals surface area contributed by atoms with E-state index in [4.69, 9.17) is 4.74 Å². The van der Waals surface area contributed by atoms with Gasteiger partial charge in [-0.1, -0.05) is 0 Å². The highest BCUT2D eigenvalue weighted by molar-refractivity contribution is 6.05. The molecule has 0 bridgehead atoms. The Bertz CT molecular complexity index is 581. The lowest BCUT2D eigenvalue weighted by Crippen LogP contribution is -2.35. The number of esters is 2. The summed E-state index contributed by atoms with van der Waals surface area (Å²) in [6, 6.07) is 4.62. The van der Waals surface area contributed by atoms with E-state index in [9.17, 15) is 14.4 Å². The number of carbonyl (C=O) groups is 3. The molecular weight excluding hydrogens is 274 g/mol. The average Bonchev–Trinajstić information content (AvgIpc) is 2.53. The highest BCUT2D eigenvalue weighted by atomic mass is 16.5. The van der Waals surface area contributed by atoms with Crippen LogP contribution >= 0.6 is 0 Å². The van der Waals surface area contributed by atoms with Crippen molar-refractivity contribution in [2.45, 2.75) is 19.3 Å². The zero-order chi connectivity index (χ0) is 15.4. The van der Waals surface area contributed by atoms with Crippen LogP contribution < -0.4 is 4.90 Å². The van der Waals surface area contributed by atoms with Gasteiger partial charge in [0.15, 0.2) is 0 Å². The SMILES string of the molecule is COC(=O)c1ccc(N2CCCCC2=O)cc1C(=O)OC. The molecule has 1 amide bonds. The molecule has 1 heterocycles. The number of carbonyl (C=O) groups excluding carboxylic acids is 3. The molecule has 21 heavy (non-hydrogen) atoms. The van der Waals surface area contributed by atoms with E-state index in [1.54, 1.807) is 11.0 Å². The molecule has 1 aromatic rings. The quantitative estimate of drug-likeness (QED) is 0.794. The summed E-state index contributed by atoms with van der Waals surface area (Å²) in [5, 5.41) is 0. The van der Waals surface area contributed by atoms with Gasteiger partial charge in [0, 0.05) is 18.7 Å². The monoisotopic (exact) mass is 291 g/mol. The van der Waals surface area contributed by atoms with E-state index in [0.717, 1.165) is 12.8 Å². The Hall–Kier alpha value is -2.37. The molecule has 0 radical (unpaired) electrons. The molecule has 6 heteroatoms. The molecule has 0 N–H and O–H groups in total. The molecular formula is C15H17NO5. The maximum Gasteiger partial charge on any atom is 0.338 e. The van der Waals surface area contributed by atoms with Gasteiger partial charge in [0.25, 0.3) is 0 Å². The first-order chi connectivity index (χ1) is 10.1. The fourth-order valence-electron chi connectivity index (χ4n) is 2.35. The number of ether oxygens (including phenoxy) is 2. The minimum atomic E-state index is -0.637. The number of piperidine rings is 1. The van der Waals surface area contributed by atoms with Gasteiger partial charge in [0.2, 0.25) is 5.91 Å². The number of rotatable bonds is 3. The maximum atomic E-state index is 11.9. The van der Waals surface area contributed by atoms with E-state index in [-0.39, 0.29) is 17.0 Å². The number of methoxy groups -OCH3 is 2. The molecule has 1 aliphatic heterocycles. The lowest BCUT2D eigenvalue weighted by molar-refractivity contribution is -0.119. The van der Waals surface area contributed by atoms with Gasteiger partial charge in [-0.25, -0.2) is 9.59 Å². The molecule has 6 nitrogen and oxygen atoms in total. The second-order valence-electron chi connectivity index (χ2n) is 4.72. The summed E-state index contributed by atoms with van der Waals surface area (Å²) in [5.41, 5.74) is 0.811. The first-order valence-corrected chi connectivity index (χ1v) is 6.69. The van der Waals surface area contributed by atoms with Gasteiger partial charge >= 0.3 is 11.9 Å². The molecule has 112 valence electrons. The Morgan fingerprint density at radius 2 is 1.71 bits per heavy atom. The fraction of sp³-hybridized carbons (Fsp3) is 0.400. The van der Waals surface area contributed by atoms with Crippen LogP contribution in [0.5, 0.6) is 0 Å². The minimum absolute atomic E-state index is 0.0166. The van der Waals surface area contributed by atoms with Crippen molar-refractivity contribution in [1.29, 1.82) is 0 Å². The van der Waals surface area contributed by atoms with Crippen LogP contribution in [-0.4, -0.2) is 38.6 Å². The third-order valence-corrected chi connectivity index (χ3v) is 3.45. The van der Waals surface area contributed by atoms with Crippen molar-refractivity contribution in [3.05, 3.63) is 29.3 Å². The molecule has 1 saturated heterocycles. The smallest absolute Gasteiger partial charge is 0.338 e. The van der Waals surface area contributed by atoms with E-state index >= 15 is 0 Å². The third-order valence-electron chi connectivity index (χ3n) is 3.45. The lowest BCUT2D eigenvalue weighted by atomic mass is 10.0. The molecule has 0 aliphatic carbocycles. The van der Waals surface area contributed by atoms with Gasteiger partial charge in [-0.3, -0.25) is 4.79 Å². The molecule has 1 aromatic carbocycles.